The zero-order valence-electron chi connectivity index (χ0n) is 8.12. The smallest absolute Gasteiger partial charge is 0.0681 e. The van der Waals surface area contributed by atoms with E-state index < -0.39 is 0 Å². The first-order chi connectivity index (χ1) is 6.22. The average Bonchev–Trinajstić information content (AvgIpc) is 2.42. The molecule has 70 valence electrons. The number of anilines is 1. The Labute approximate surface area is 78.8 Å². The predicted molar refractivity (Wildman–Crippen MR) is 54.0 cm³/mol. The molecule has 0 aromatic heterocycles. The summed E-state index contributed by atoms with van der Waals surface area (Å²) in [6, 6.07) is 6.21. The third-order valence-corrected chi connectivity index (χ3v) is 2.76. The van der Waals surface area contributed by atoms with Crippen molar-refractivity contribution in [3.05, 3.63) is 29.3 Å². The van der Waals surface area contributed by atoms with Gasteiger partial charge in [-0.25, -0.2) is 0 Å². The van der Waals surface area contributed by atoms with E-state index in [9.17, 15) is 0 Å². The van der Waals surface area contributed by atoms with Gasteiger partial charge in [-0.2, -0.15) is 0 Å². The molecule has 1 aliphatic heterocycles. The number of hydrogen-bond acceptors (Lipinski definition) is 2. The van der Waals surface area contributed by atoms with Gasteiger partial charge in [0.15, 0.2) is 0 Å². The van der Waals surface area contributed by atoms with Crippen LogP contribution in [0.1, 0.15) is 24.0 Å². The molecular weight excluding hydrogens is 162 g/mol. The van der Waals surface area contributed by atoms with E-state index in [4.69, 9.17) is 5.11 Å². The normalized spacial score (nSPS) is 20.5. The van der Waals surface area contributed by atoms with Crippen molar-refractivity contribution in [2.75, 3.05) is 18.5 Å². The topological polar surface area (TPSA) is 23.5 Å². The van der Waals surface area contributed by atoms with E-state index in [-0.39, 0.29) is 6.61 Å². The summed E-state index contributed by atoms with van der Waals surface area (Å²) in [5.41, 5.74) is 3.69. The Morgan fingerprint density at radius 1 is 1.54 bits per heavy atom. The summed E-state index contributed by atoms with van der Waals surface area (Å²) in [6.07, 6.45) is 0. The monoisotopic (exact) mass is 177 g/mol. The van der Waals surface area contributed by atoms with Crippen molar-refractivity contribution in [1.82, 2.24) is 0 Å². The third-order valence-electron chi connectivity index (χ3n) is 2.76. The summed E-state index contributed by atoms with van der Waals surface area (Å²) in [5.74, 6) is 0.589. The maximum absolute atomic E-state index is 9.01. The first-order valence-electron chi connectivity index (χ1n) is 4.67. The molecule has 2 rings (SSSR count). The van der Waals surface area contributed by atoms with Crippen molar-refractivity contribution in [2.24, 2.45) is 0 Å². The molecule has 0 fully saturated rings. The lowest BCUT2D eigenvalue weighted by Crippen LogP contribution is -2.13. The summed E-state index contributed by atoms with van der Waals surface area (Å²) in [6.45, 7) is 3.46. The first-order valence-corrected chi connectivity index (χ1v) is 4.67. The van der Waals surface area contributed by atoms with E-state index >= 15 is 0 Å². The van der Waals surface area contributed by atoms with Crippen LogP contribution in [0.15, 0.2) is 18.2 Å². The molecule has 1 aromatic carbocycles. The Kier molecular flexibility index (Phi) is 2.00. The van der Waals surface area contributed by atoms with Crippen LogP contribution in [0.2, 0.25) is 0 Å². The highest BCUT2D eigenvalue weighted by Crippen LogP contribution is 2.35. The minimum Gasteiger partial charge on any atom is -0.392 e. The van der Waals surface area contributed by atoms with Crippen LogP contribution in [0.5, 0.6) is 0 Å². The molecule has 0 saturated carbocycles. The Bertz CT molecular complexity index is 322. The van der Waals surface area contributed by atoms with Crippen LogP contribution < -0.4 is 4.90 Å². The lowest BCUT2D eigenvalue weighted by molar-refractivity contribution is 0.281. The summed E-state index contributed by atoms with van der Waals surface area (Å²) in [5, 5.41) is 9.01. The van der Waals surface area contributed by atoms with Gasteiger partial charge in [0, 0.05) is 25.2 Å². The Balaban J connectivity index is 2.46. The summed E-state index contributed by atoms with van der Waals surface area (Å²) in [4.78, 5) is 2.27. The van der Waals surface area contributed by atoms with Crippen LogP contribution in [0.25, 0.3) is 0 Å². The van der Waals surface area contributed by atoms with Crippen molar-refractivity contribution in [3.8, 4) is 0 Å². The number of rotatable bonds is 1. The lowest BCUT2D eigenvalue weighted by Gasteiger charge is -2.11. The van der Waals surface area contributed by atoms with Crippen molar-refractivity contribution in [3.63, 3.8) is 0 Å². The molecular formula is C11H15NO. The van der Waals surface area contributed by atoms with Crippen LogP contribution in [-0.2, 0) is 6.61 Å². The summed E-state index contributed by atoms with van der Waals surface area (Å²) in [7, 11) is 2.11. The molecule has 0 amide bonds. The molecule has 1 atom stereocenters. The van der Waals surface area contributed by atoms with E-state index in [1.54, 1.807) is 0 Å². The zero-order chi connectivity index (χ0) is 9.42. The molecule has 1 N–H and O–H groups in total. The van der Waals surface area contributed by atoms with Gasteiger partial charge in [-0.05, 0) is 17.2 Å². The van der Waals surface area contributed by atoms with Crippen molar-refractivity contribution < 1.29 is 5.11 Å². The number of hydrogen-bond donors (Lipinski definition) is 1. The van der Waals surface area contributed by atoms with E-state index in [0.29, 0.717) is 5.92 Å². The maximum Gasteiger partial charge on any atom is 0.0681 e. The summed E-state index contributed by atoms with van der Waals surface area (Å²) >= 11 is 0. The second kappa shape index (κ2) is 3.04. The standard InChI is InChI=1S/C11H15NO/c1-8-6-12(2)11-4-3-9(7-13)5-10(8)11/h3-5,8,13H,6-7H2,1-2H3. The summed E-state index contributed by atoms with van der Waals surface area (Å²) < 4.78 is 0. The molecule has 1 aromatic rings. The number of nitrogens with zero attached hydrogens (tertiary/aromatic N) is 1. The van der Waals surface area contributed by atoms with Crippen LogP contribution >= 0.6 is 0 Å². The van der Waals surface area contributed by atoms with Gasteiger partial charge in [-0.3, -0.25) is 0 Å². The van der Waals surface area contributed by atoms with Gasteiger partial charge in [0.2, 0.25) is 0 Å². The fraction of sp³-hybridized carbons (Fsp3) is 0.455. The van der Waals surface area contributed by atoms with Gasteiger partial charge >= 0.3 is 0 Å². The molecule has 1 unspecified atom stereocenters. The quantitative estimate of drug-likeness (QED) is 0.706. The first kappa shape index (κ1) is 8.57. The largest absolute Gasteiger partial charge is 0.392 e. The van der Waals surface area contributed by atoms with Gasteiger partial charge in [-0.1, -0.05) is 19.1 Å². The SMILES string of the molecule is CC1CN(C)c2ccc(CO)cc21. The fourth-order valence-corrected chi connectivity index (χ4v) is 2.05. The lowest BCUT2D eigenvalue weighted by atomic mass is 10.0. The third kappa shape index (κ3) is 1.31. The second-order valence-corrected chi connectivity index (χ2v) is 3.83. The van der Waals surface area contributed by atoms with Gasteiger partial charge in [0.1, 0.15) is 0 Å². The number of benzene rings is 1. The molecule has 1 heterocycles. The molecule has 13 heavy (non-hydrogen) atoms. The van der Waals surface area contributed by atoms with E-state index in [2.05, 4.69) is 31.0 Å². The zero-order valence-corrected chi connectivity index (χ0v) is 8.12. The number of likely N-dealkylation sites (N-methyl/N-ethyl adjacent to an activating group) is 1. The number of aliphatic hydroxyl groups is 1. The van der Waals surface area contributed by atoms with Crippen LogP contribution in [-0.4, -0.2) is 18.7 Å². The van der Waals surface area contributed by atoms with E-state index in [1.165, 1.54) is 11.3 Å². The molecule has 2 heteroatoms. The van der Waals surface area contributed by atoms with Gasteiger partial charge < -0.3 is 10.0 Å². The van der Waals surface area contributed by atoms with Gasteiger partial charge in [-0.15, -0.1) is 0 Å². The van der Waals surface area contributed by atoms with Crippen molar-refractivity contribution >= 4 is 5.69 Å². The van der Waals surface area contributed by atoms with Crippen molar-refractivity contribution in [1.29, 1.82) is 0 Å². The second-order valence-electron chi connectivity index (χ2n) is 3.83. The highest BCUT2D eigenvalue weighted by molar-refractivity contribution is 5.60. The van der Waals surface area contributed by atoms with Gasteiger partial charge in [0.25, 0.3) is 0 Å². The van der Waals surface area contributed by atoms with Crippen molar-refractivity contribution in [2.45, 2.75) is 19.4 Å². The Morgan fingerprint density at radius 3 is 3.00 bits per heavy atom. The molecule has 0 radical (unpaired) electrons. The molecule has 0 saturated heterocycles. The Hall–Kier alpha value is -1.02. The van der Waals surface area contributed by atoms with Gasteiger partial charge in [0.05, 0.1) is 6.61 Å². The highest BCUT2D eigenvalue weighted by Gasteiger charge is 2.22. The Morgan fingerprint density at radius 2 is 2.31 bits per heavy atom. The predicted octanol–water partition coefficient (Wildman–Crippen LogP) is 1.73. The minimum absolute atomic E-state index is 0.143. The highest BCUT2D eigenvalue weighted by atomic mass is 16.3. The molecule has 0 spiro atoms. The molecule has 1 aliphatic rings. The number of aliphatic hydroxyl groups excluding tert-OH is 1. The molecule has 2 nitrogen and oxygen atoms in total. The van der Waals surface area contributed by atoms with E-state index in [1.807, 2.05) is 6.07 Å². The fourth-order valence-electron chi connectivity index (χ4n) is 2.05. The van der Waals surface area contributed by atoms with Crippen LogP contribution in [0.4, 0.5) is 5.69 Å². The molecule has 0 aliphatic carbocycles. The molecule has 0 bridgehead atoms. The minimum atomic E-state index is 0.143. The van der Waals surface area contributed by atoms with Crippen LogP contribution in [0, 0.1) is 0 Å². The number of fused-ring (bicyclic) bond motifs is 1. The van der Waals surface area contributed by atoms with E-state index in [0.717, 1.165) is 12.1 Å². The maximum atomic E-state index is 9.01. The average molecular weight is 177 g/mol. The van der Waals surface area contributed by atoms with Crippen LogP contribution in [0.3, 0.4) is 0 Å².